The Morgan fingerprint density at radius 1 is 0.548 bits per heavy atom. The molecule has 0 aliphatic carbocycles. The molecule has 0 amide bonds. The number of benzene rings is 4. The Labute approximate surface area is 182 Å². The van der Waals surface area contributed by atoms with Crippen molar-refractivity contribution in [3.8, 4) is 17.2 Å². The summed E-state index contributed by atoms with van der Waals surface area (Å²) in [6.45, 7) is 1.12. The highest BCUT2D eigenvalue weighted by atomic mass is 16.5. The van der Waals surface area contributed by atoms with Crippen molar-refractivity contribution in [3.63, 3.8) is 0 Å². The highest BCUT2D eigenvalue weighted by Crippen LogP contribution is 2.30. The van der Waals surface area contributed by atoms with Gasteiger partial charge in [0, 0.05) is 17.3 Å². The molecule has 0 fully saturated rings. The molecule has 5 aromatic rings. The average Bonchev–Trinajstić information content (AvgIpc) is 3.28. The predicted octanol–water partition coefficient (Wildman–Crippen LogP) is 6.79. The summed E-state index contributed by atoms with van der Waals surface area (Å²) in [6.07, 6.45) is 2.08. The highest BCUT2D eigenvalue weighted by Gasteiger charge is 2.08. The van der Waals surface area contributed by atoms with Gasteiger partial charge in [0.1, 0.15) is 24.7 Å². The molecule has 0 radical (unpaired) electrons. The standard InChI is InChI=1S/C28H23NO2/c1-3-8-22(9-4-1)20-30-25-16-14-24(15-17-25)29-19-18-26-27(29)12-7-13-28(26)31-21-23-10-5-2-6-11-23/h1-19H,20-21H2. The second-order valence-electron chi connectivity index (χ2n) is 7.42. The van der Waals surface area contributed by atoms with Gasteiger partial charge in [0.05, 0.1) is 5.52 Å². The van der Waals surface area contributed by atoms with Crippen LogP contribution in [-0.2, 0) is 13.2 Å². The lowest BCUT2D eigenvalue weighted by molar-refractivity contribution is 0.306. The molecule has 3 nitrogen and oxygen atoms in total. The van der Waals surface area contributed by atoms with E-state index in [9.17, 15) is 0 Å². The molecule has 0 saturated carbocycles. The van der Waals surface area contributed by atoms with E-state index in [1.54, 1.807) is 0 Å². The number of hydrogen-bond donors (Lipinski definition) is 0. The second kappa shape index (κ2) is 8.80. The average molecular weight is 405 g/mol. The summed E-state index contributed by atoms with van der Waals surface area (Å²) in [4.78, 5) is 0. The smallest absolute Gasteiger partial charge is 0.129 e. The molecule has 1 heterocycles. The van der Waals surface area contributed by atoms with Gasteiger partial charge in [0.2, 0.25) is 0 Å². The van der Waals surface area contributed by atoms with Crippen LogP contribution in [0, 0.1) is 0 Å². The Morgan fingerprint density at radius 3 is 1.87 bits per heavy atom. The summed E-state index contributed by atoms with van der Waals surface area (Å²) >= 11 is 0. The maximum atomic E-state index is 6.11. The Hall–Kier alpha value is -3.98. The van der Waals surface area contributed by atoms with Crippen LogP contribution in [0.15, 0.2) is 115 Å². The maximum absolute atomic E-state index is 6.11. The fraction of sp³-hybridized carbons (Fsp3) is 0.0714. The third-order valence-corrected chi connectivity index (χ3v) is 5.29. The van der Waals surface area contributed by atoms with E-state index in [1.165, 1.54) is 0 Å². The van der Waals surface area contributed by atoms with Gasteiger partial charge in [-0.25, -0.2) is 0 Å². The molecule has 0 spiro atoms. The van der Waals surface area contributed by atoms with Crippen molar-refractivity contribution in [1.82, 2.24) is 4.57 Å². The van der Waals surface area contributed by atoms with E-state index < -0.39 is 0 Å². The monoisotopic (exact) mass is 405 g/mol. The molecule has 0 N–H and O–H groups in total. The number of rotatable bonds is 7. The number of hydrogen-bond acceptors (Lipinski definition) is 2. The summed E-state index contributed by atoms with van der Waals surface area (Å²) in [6, 6.07) is 36.9. The van der Waals surface area contributed by atoms with Crippen LogP contribution < -0.4 is 9.47 Å². The quantitative estimate of drug-likeness (QED) is 0.298. The highest BCUT2D eigenvalue weighted by molar-refractivity contribution is 5.87. The van der Waals surface area contributed by atoms with E-state index in [2.05, 4.69) is 59.3 Å². The lowest BCUT2D eigenvalue weighted by atomic mass is 10.2. The van der Waals surface area contributed by atoms with Crippen LogP contribution in [-0.4, -0.2) is 4.57 Å². The Kier molecular flexibility index (Phi) is 5.40. The molecule has 4 aromatic carbocycles. The molecule has 31 heavy (non-hydrogen) atoms. The Balaban J connectivity index is 1.33. The van der Waals surface area contributed by atoms with Gasteiger partial charge in [-0.2, -0.15) is 0 Å². The topological polar surface area (TPSA) is 23.4 Å². The van der Waals surface area contributed by atoms with E-state index in [-0.39, 0.29) is 0 Å². The van der Waals surface area contributed by atoms with Crippen LogP contribution in [0.3, 0.4) is 0 Å². The number of fused-ring (bicyclic) bond motifs is 1. The van der Waals surface area contributed by atoms with Crippen molar-refractivity contribution >= 4 is 10.9 Å². The molecule has 1 aromatic heterocycles. The summed E-state index contributed by atoms with van der Waals surface area (Å²) in [5.41, 5.74) is 4.52. The summed E-state index contributed by atoms with van der Waals surface area (Å²) in [5, 5.41) is 1.10. The van der Waals surface area contributed by atoms with E-state index in [0.29, 0.717) is 13.2 Å². The van der Waals surface area contributed by atoms with Gasteiger partial charge >= 0.3 is 0 Å². The lowest BCUT2D eigenvalue weighted by Crippen LogP contribution is -1.97. The first-order valence-corrected chi connectivity index (χ1v) is 10.4. The van der Waals surface area contributed by atoms with Gasteiger partial charge < -0.3 is 14.0 Å². The van der Waals surface area contributed by atoms with Crippen LogP contribution in [0.2, 0.25) is 0 Å². The fourth-order valence-electron chi connectivity index (χ4n) is 3.67. The van der Waals surface area contributed by atoms with E-state index in [1.807, 2.05) is 60.7 Å². The molecular weight excluding hydrogens is 382 g/mol. The molecule has 5 rings (SSSR count). The predicted molar refractivity (Wildman–Crippen MR) is 125 cm³/mol. The zero-order valence-corrected chi connectivity index (χ0v) is 17.1. The minimum absolute atomic E-state index is 0.554. The molecule has 0 aliphatic rings. The first-order chi connectivity index (χ1) is 15.4. The molecule has 0 atom stereocenters. The van der Waals surface area contributed by atoms with Crippen molar-refractivity contribution in [2.24, 2.45) is 0 Å². The van der Waals surface area contributed by atoms with Crippen LogP contribution in [0.25, 0.3) is 16.6 Å². The summed E-state index contributed by atoms with van der Waals surface area (Å²) < 4.78 is 14.2. The largest absolute Gasteiger partial charge is 0.489 e. The van der Waals surface area contributed by atoms with Crippen molar-refractivity contribution in [2.75, 3.05) is 0 Å². The molecule has 0 bridgehead atoms. The van der Waals surface area contributed by atoms with Crippen LogP contribution in [0.5, 0.6) is 11.5 Å². The molecule has 152 valence electrons. The second-order valence-corrected chi connectivity index (χ2v) is 7.42. The first-order valence-electron chi connectivity index (χ1n) is 10.4. The van der Waals surface area contributed by atoms with E-state index in [0.717, 1.165) is 39.2 Å². The van der Waals surface area contributed by atoms with E-state index >= 15 is 0 Å². The van der Waals surface area contributed by atoms with Crippen LogP contribution in [0.4, 0.5) is 0 Å². The zero-order chi connectivity index (χ0) is 20.9. The van der Waals surface area contributed by atoms with Crippen LogP contribution in [0.1, 0.15) is 11.1 Å². The Morgan fingerprint density at radius 2 is 1.19 bits per heavy atom. The van der Waals surface area contributed by atoms with Crippen molar-refractivity contribution in [3.05, 3.63) is 127 Å². The van der Waals surface area contributed by atoms with Gasteiger partial charge in [-0.05, 0) is 53.6 Å². The summed E-state index contributed by atoms with van der Waals surface area (Å²) in [7, 11) is 0. The summed E-state index contributed by atoms with van der Waals surface area (Å²) in [5.74, 6) is 1.75. The van der Waals surface area contributed by atoms with Crippen molar-refractivity contribution in [2.45, 2.75) is 13.2 Å². The van der Waals surface area contributed by atoms with Crippen LogP contribution >= 0.6 is 0 Å². The van der Waals surface area contributed by atoms with Gasteiger partial charge in [0.15, 0.2) is 0 Å². The van der Waals surface area contributed by atoms with Gasteiger partial charge in [-0.3, -0.25) is 0 Å². The van der Waals surface area contributed by atoms with Crippen molar-refractivity contribution in [1.29, 1.82) is 0 Å². The first kappa shape index (κ1) is 19.0. The number of aromatic nitrogens is 1. The molecule has 3 heteroatoms. The minimum Gasteiger partial charge on any atom is -0.489 e. The number of ether oxygens (including phenoxy) is 2. The minimum atomic E-state index is 0.554. The fourth-order valence-corrected chi connectivity index (χ4v) is 3.67. The molecule has 0 saturated heterocycles. The maximum Gasteiger partial charge on any atom is 0.129 e. The Bertz CT molecular complexity index is 1260. The zero-order valence-electron chi connectivity index (χ0n) is 17.1. The van der Waals surface area contributed by atoms with Gasteiger partial charge in [-0.1, -0.05) is 66.7 Å². The van der Waals surface area contributed by atoms with Gasteiger partial charge in [-0.15, -0.1) is 0 Å². The SMILES string of the molecule is c1ccc(COc2ccc(-n3ccc4c(OCc5ccccc5)cccc43)cc2)cc1. The molecule has 0 unspecified atom stereocenters. The van der Waals surface area contributed by atoms with Crippen molar-refractivity contribution < 1.29 is 9.47 Å². The normalized spacial score (nSPS) is 10.8. The molecular formula is C28H23NO2. The third-order valence-electron chi connectivity index (χ3n) is 5.29. The lowest BCUT2D eigenvalue weighted by Gasteiger charge is -2.10. The third kappa shape index (κ3) is 4.31. The van der Waals surface area contributed by atoms with Gasteiger partial charge in [0.25, 0.3) is 0 Å². The molecule has 0 aliphatic heterocycles. The number of nitrogens with zero attached hydrogens (tertiary/aromatic N) is 1. The van der Waals surface area contributed by atoms with E-state index in [4.69, 9.17) is 9.47 Å².